The average Bonchev–Trinajstić information content (AvgIpc) is 3.02. The zero-order valence-electron chi connectivity index (χ0n) is 14.3. The maximum atomic E-state index is 12.8. The highest BCUT2D eigenvalue weighted by Crippen LogP contribution is 2.30. The molecule has 0 spiro atoms. The van der Waals surface area contributed by atoms with Gasteiger partial charge in [-0.3, -0.25) is 9.59 Å². The van der Waals surface area contributed by atoms with Gasteiger partial charge in [-0.25, -0.2) is 4.98 Å². The van der Waals surface area contributed by atoms with Gasteiger partial charge in [-0.2, -0.15) is 0 Å². The van der Waals surface area contributed by atoms with Crippen molar-refractivity contribution in [3.8, 4) is 0 Å². The van der Waals surface area contributed by atoms with E-state index in [0.717, 1.165) is 28.4 Å². The number of para-hydroxylation sites is 4. The lowest BCUT2D eigenvalue weighted by molar-refractivity contribution is -0.120. The van der Waals surface area contributed by atoms with Gasteiger partial charge in [-0.05, 0) is 31.2 Å². The monoisotopic (exact) mass is 366 g/mol. The third-order valence-corrected chi connectivity index (χ3v) is 5.29. The molecule has 0 unspecified atom stereocenters. The van der Waals surface area contributed by atoms with E-state index in [1.807, 2.05) is 42.5 Å². The molecular weight excluding hydrogens is 348 g/mol. The van der Waals surface area contributed by atoms with E-state index in [1.165, 1.54) is 11.8 Å². The third-order valence-electron chi connectivity index (χ3n) is 4.33. The summed E-state index contributed by atoms with van der Waals surface area (Å²) in [4.78, 5) is 30.9. The Morgan fingerprint density at radius 1 is 1.19 bits per heavy atom. The van der Waals surface area contributed by atoms with Crippen molar-refractivity contribution in [2.45, 2.75) is 18.6 Å². The number of carbonyl (C=O) groups excluding carboxylic acids is 2. The number of fused-ring (bicyclic) bond motifs is 2. The number of hydrogen-bond acceptors (Lipinski definition) is 4. The van der Waals surface area contributed by atoms with Crippen LogP contribution >= 0.6 is 11.8 Å². The van der Waals surface area contributed by atoms with Gasteiger partial charge < -0.3 is 14.8 Å². The summed E-state index contributed by atoms with van der Waals surface area (Å²) in [7, 11) is 0. The summed E-state index contributed by atoms with van der Waals surface area (Å²) in [6.07, 6.45) is 0. The van der Waals surface area contributed by atoms with Crippen molar-refractivity contribution in [3.05, 3.63) is 48.5 Å². The average molecular weight is 366 g/mol. The molecule has 1 aliphatic heterocycles. The fraction of sp³-hybridized carbons (Fsp3) is 0.211. The van der Waals surface area contributed by atoms with Gasteiger partial charge in [0.05, 0.1) is 28.2 Å². The highest BCUT2D eigenvalue weighted by Gasteiger charge is 2.26. The minimum Gasteiger partial charge on any atom is -0.323 e. The quantitative estimate of drug-likeness (QED) is 0.721. The van der Waals surface area contributed by atoms with Crippen molar-refractivity contribution in [2.24, 2.45) is 0 Å². The summed E-state index contributed by atoms with van der Waals surface area (Å²) in [6, 6.07) is 15.3. The molecule has 2 heterocycles. The summed E-state index contributed by atoms with van der Waals surface area (Å²) >= 11 is 1.40. The van der Waals surface area contributed by atoms with Crippen LogP contribution in [-0.2, 0) is 16.1 Å². The molecule has 4 rings (SSSR count). The first-order chi connectivity index (χ1) is 12.7. The number of thioether (sulfide) groups is 1. The Hall–Kier alpha value is -2.80. The number of carbonyl (C=O) groups is 2. The third kappa shape index (κ3) is 2.94. The molecule has 1 N–H and O–H groups in total. The van der Waals surface area contributed by atoms with Gasteiger partial charge in [0.1, 0.15) is 6.54 Å². The molecule has 132 valence electrons. The maximum Gasteiger partial charge on any atom is 0.244 e. The summed E-state index contributed by atoms with van der Waals surface area (Å²) in [5.41, 5.74) is 3.39. The zero-order chi connectivity index (χ0) is 18.1. The first kappa shape index (κ1) is 16.7. The lowest BCUT2D eigenvalue weighted by Crippen LogP contribution is -2.43. The smallest absolute Gasteiger partial charge is 0.244 e. The Kier molecular flexibility index (Phi) is 4.38. The normalized spacial score (nSPS) is 13.6. The van der Waals surface area contributed by atoms with Crippen molar-refractivity contribution < 1.29 is 9.59 Å². The summed E-state index contributed by atoms with van der Waals surface area (Å²) in [5.74, 6) is -0.0554. The Balaban J connectivity index is 1.56. The lowest BCUT2D eigenvalue weighted by Gasteiger charge is -2.29. The van der Waals surface area contributed by atoms with Gasteiger partial charge in [-0.15, -0.1) is 0 Å². The van der Waals surface area contributed by atoms with E-state index in [0.29, 0.717) is 5.69 Å². The Bertz CT molecular complexity index is 998. The second kappa shape index (κ2) is 6.84. The van der Waals surface area contributed by atoms with Gasteiger partial charge in [0.25, 0.3) is 0 Å². The molecule has 7 heteroatoms. The van der Waals surface area contributed by atoms with Crippen LogP contribution in [0.3, 0.4) is 0 Å². The van der Waals surface area contributed by atoms with Gasteiger partial charge >= 0.3 is 0 Å². The van der Waals surface area contributed by atoms with Crippen molar-refractivity contribution >= 4 is 46.0 Å². The van der Waals surface area contributed by atoms with E-state index in [1.54, 1.807) is 11.0 Å². The first-order valence-corrected chi connectivity index (χ1v) is 9.43. The molecular formula is C19H18N4O2S. The van der Waals surface area contributed by atoms with Crippen molar-refractivity contribution in [2.75, 3.05) is 22.5 Å². The molecule has 6 nitrogen and oxygen atoms in total. The summed E-state index contributed by atoms with van der Waals surface area (Å²) < 4.78 is 2.10. The fourth-order valence-electron chi connectivity index (χ4n) is 3.13. The second-order valence-electron chi connectivity index (χ2n) is 5.96. The molecule has 2 amide bonds. The fourth-order valence-corrected chi connectivity index (χ4v) is 4.08. The van der Waals surface area contributed by atoms with Crippen LogP contribution < -0.4 is 10.2 Å². The second-order valence-corrected chi connectivity index (χ2v) is 6.90. The van der Waals surface area contributed by atoms with E-state index >= 15 is 0 Å². The minimum absolute atomic E-state index is 0.0423. The molecule has 0 radical (unpaired) electrons. The van der Waals surface area contributed by atoms with Crippen molar-refractivity contribution in [1.82, 2.24) is 9.55 Å². The minimum atomic E-state index is -0.178. The Morgan fingerprint density at radius 3 is 2.81 bits per heavy atom. The topological polar surface area (TPSA) is 67.2 Å². The lowest BCUT2D eigenvalue weighted by atomic mass is 10.2. The van der Waals surface area contributed by atoms with Crippen molar-refractivity contribution in [3.63, 3.8) is 0 Å². The zero-order valence-corrected chi connectivity index (χ0v) is 15.1. The molecule has 1 aliphatic rings. The predicted molar refractivity (Wildman–Crippen MR) is 104 cm³/mol. The Labute approximate surface area is 155 Å². The number of imidazole rings is 1. The highest BCUT2D eigenvalue weighted by molar-refractivity contribution is 7.99. The Morgan fingerprint density at radius 2 is 1.96 bits per heavy atom. The van der Waals surface area contributed by atoms with Gasteiger partial charge in [0, 0.05) is 6.54 Å². The van der Waals surface area contributed by atoms with E-state index in [2.05, 4.69) is 21.8 Å². The number of nitrogens with one attached hydrogen (secondary N) is 1. The van der Waals surface area contributed by atoms with E-state index < -0.39 is 0 Å². The summed E-state index contributed by atoms with van der Waals surface area (Å²) in [6.45, 7) is 2.89. The van der Waals surface area contributed by atoms with E-state index in [-0.39, 0.29) is 24.1 Å². The molecule has 26 heavy (non-hydrogen) atoms. The van der Waals surface area contributed by atoms with Crippen LogP contribution in [0.25, 0.3) is 11.0 Å². The van der Waals surface area contributed by atoms with E-state index in [9.17, 15) is 9.59 Å². The summed E-state index contributed by atoms with van der Waals surface area (Å²) in [5, 5.41) is 3.61. The predicted octanol–water partition coefficient (Wildman–Crippen LogP) is 3.13. The number of aromatic nitrogens is 2. The van der Waals surface area contributed by atoms with Gasteiger partial charge in [0.2, 0.25) is 11.8 Å². The van der Waals surface area contributed by atoms with E-state index in [4.69, 9.17) is 0 Å². The molecule has 0 fully saturated rings. The van der Waals surface area contributed by atoms with Crippen LogP contribution in [0.1, 0.15) is 6.92 Å². The number of hydrogen-bond donors (Lipinski definition) is 1. The molecule has 0 saturated heterocycles. The standard InChI is InChI=1S/C19H18N4O2S/c1-2-22-15-9-5-4-8-14(15)21-19(22)26-12-18(25)23-11-17(24)20-13-7-3-6-10-16(13)23/h3-10H,2,11-12H2,1H3,(H,20,24). The van der Waals surface area contributed by atoms with Gasteiger partial charge in [-0.1, -0.05) is 36.0 Å². The number of aryl methyl sites for hydroxylation is 1. The number of nitrogens with zero attached hydrogens (tertiary/aromatic N) is 3. The molecule has 3 aromatic rings. The molecule has 2 aromatic carbocycles. The molecule has 0 aliphatic carbocycles. The van der Waals surface area contributed by atoms with Crippen LogP contribution in [0, 0.1) is 0 Å². The number of amides is 2. The van der Waals surface area contributed by atoms with Crippen molar-refractivity contribution in [1.29, 1.82) is 0 Å². The molecule has 0 saturated carbocycles. The number of rotatable bonds is 4. The van der Waals surface area contributed by atoms with Crippen LogP contribution in [0.2, 0.25) is 0 Å². The molecule has 1 aromatic heterocycles. The first-order valence-electron chi connectivity index (χ1n) is 8.44. The highest BCUT2D eigenvalue weighted by atomic mass is 32.2. The molecule has 0 bridgehead atoms. The van der Waals surface area contributed by atoms with Crippen LogP contribution in [0.15, 0.2) is 53.7 Å². The van der Waals surface area contributed by atoms with Crippen LogP contribution in [0.5, 0.6) is 0 Å². The van der Waals surface area contributed by atoms with Gasteiger partial charge in [0.15, 0.2) is 5.16 Å². The van der Waals surface area contributed by atoms with Crippen LogP contribution in [0.4, 0.5) is 11.4 Å². The SMILES string of the molecule is CCn1c(SCC(=O)N2CC(=O)Nc3ccccc32)nc2ccccc21. The van der Waals surface area contributed by atoms with Crippen LogP contribution in [-0.4, -0.2) is 33.7 Å². The molecule has 0 atom stereocenters. The number of anilines is 2. The number of benzene rings is 2. The maximum absolute atomic E-state index is 12.8. The largest absolute Gasteiger partial charge is 0.323 e.